The van der Waals surface area contributed by atoms with Crippen LogP contribution in [-0.4, -0.2) is 25.4 Å². The molecule has 2 rings (SSSR count). The molecule has 6 heteroatoms. The Morgan fingerprint density at radius 2 is 2.09 bits per heavy atom. The number of thiocarbonyl (C=S) groups is 1. The molecule has 1 heterocycles. The molecule has 1 amide bonds. The lowest BCUT2D eigenvalue weighted by Crippen LogP contribution is -2.17. The van der Waals surface area contributed by atoms with Crippen LogP contribution < -0.4 is 10.1 Å². The van der Waals surface area contributed by atoms with Gasteiger partial charge in [-0.2, -0.15) is 0 Å². The number of rotatable bonds is 2. The lowest BCUT2D eigenvalue weighted by molar-refractivity contribution is -0.115. The summed E-state index contributed by atoms with van der Waals surface area (Å²) < 4.78 is 5.85. The molecule has 1 aliphatic heterocycles. The second kappa shape index (κ2) is 6.69. The Bertz CT molecular complexity index is 724. The predicted octanol–water partition coefficient (Wildman–Crippen LogP) is 3.41. The van der Waals surface area contributed by atoms with Gasteiger partial charge in [-0.25, -0.2) is 0 Å². The predicted molar refractivity (Wildman–Crippen MR) is 99.5 cm³/mol. The summed E-state index contributed by atoms with van der Waals surface area (Å²) >= 11 is 6.26. The lowest BCUT2D eigenvalue weighted by atomic mass is 10.1. The standard InChI is InChI=1S/C16H17NO2S2Si/c1-19-13-6-5-11(9-12(13)7-8-22(2,3)4)10-14-15(18)17-16(20)21-14/h5-6,9-10H,1-4H3,(H,17,18,20). The number of carbonyl (C=O) groups excluding carboxylic acids is 1. The summed E-state index contributed by atoms with van der Waals surface area (Å²) in [5.74, 6) is 3.80. The Labute approximate surface area is 141 Å². The van der Waals surface area contributed by atoms with Gasteiger partial charge in [-0.1, -0.05) is 55.6 Å². The molecule has 0 bridgehead atoms. The van der Waals surface area contributed by atoms with Crippen LogP contribution >= 0.6 is 24.0 Å². The zero-order valence-corrected chi connectivity index (χ0v) is 15.6. The number of amides is 1. The zero-order valence-electron chi connectivity index (χ0n) is 12.9. The number of methoxy groups -OCH3 is 1. The fraction of sp³-hybridized carbons (Fsp3) is 0.250. The summed E-state index contributed by atoms with van der Waals surface area (Å²) in [4.78, 5) is 12.3. The number of hydrogen-bond acceptors (Lipinski definition) is 4. The van der Waals surface area contributed by atoms with E-state index in [2.05, 4.69) is 36.4 Å². The minimum atomic E-state index is -1.47. The second-order valence-electron chi connectivity index (χ2n) is 5.81. The maximum atomic E-state index is 11.7. The molecule has 0 unspecified atom stereocenters. The monoisotopic (exact) mass is 347 g/mol. The van der Waals surface area contributed by atoms with Crippen LogP contribution in [0.3, 0.4) is 0 Å². The molecule has 1 aromatic carbocycles. The number of ether oxygens (including phenoxy) is 1. The highest BCUT2D eigenvalue weighted by atomic mass is 32.2. The zero-order chi connectivity index (χ0) is 16.3. The molecule has 1 fully saturated rings. The van der Waals surface area contributed by atoms with E-state index in [4.69, 9.17) is 17.0 Å². The van der Waals surface area contributed by atoms with E-state index in [0.29, 0.717) is 9.23 Å². The van der Waals surface area contributed by atoms with Crippen molar-refractivity contribution in [3.8, 4) is 17.2 Å². The number of carbonyl (C=O) groups is 1. The van der Waals surface area contributed by atoms with E-state index in [9.17, 15) is 4.79 Å². The summed E-state index contributed by atoms with van der Waals surface area (Å²) in [5, 5.41) is 2.61. The third-order valence-corrected chi connectivity index (χ3v) is 4.77. The topological polar surface area (TPSA) is 38.3 Å². The van der Waals surface area contributed by atoms with Gasteiger partial charge in [-0.15, -0.1) is 5.54 Å². The number of thioether (sulfide) groups is 1. The van der Waals surface area contributed by atoms with Crippen molar-refractivity contribution in [3.05, 3.63) is 34.2 Å². The Kier molecular flexibility index (Phi) is 5.11. The highest BCUT2D eigenvalue weighted by molar-refractivity contribution is 8.26. The average Bonchev–Trinajstić information content (AvgIpc) is 2.74. The van der Waals surface area contributed by atoms with Crippen molar-refractivity contribution in [1.29, 1.82) is 0 Å². The molecule has 0 aliphatic carbocycles. The van der Waals surface area contributed by atoms with Gasteiger partial charge in [0.15, 0.2) is 0 Å². The molecule has 1 aromatic rings. The van der Waals surface area contributed by atoms with E-state index >= 15 is 0 Å². The average molecular weight is 348 g/mol. The van der Waals surface area contributed by atoms with E-state index in [0.717, 1.165) is 16.9 Å². The second-order valence-corrected chi connectivity index (χ2v) is 12.3. The van der Waals surface area contributed by atoms with E-state index in [-0.39, 0.29) is 5.91 Å². The number of benzene rings is 1. The lowest BCUT2D eigenvalue weighted by Gasteiger charge is -2.07. The van der Waals surface area contributed by atoms with Crippen molar-refractivity contribution in [2.75, 3.05) is 7.11 Å². The molecule has 114 valence electrons. The fourth-order valence-corrected chi connectivity index (χ4v) is 3.29. The van der Waals surface area contributed by atoms with Gasteiger partial charge in [0.1, 0.15) is 18.1 Å². The maximum Gasteiger partial charge on any atom is 0.263 e. The molecule has 1 aliphatic rings. The first-order valence-electron chi connectivity index (χ1n) is 6.74. The van der Waals surface area contributed by atoms with Crippen LogP contribution in [0.4, 0.5) is 0 Å². The van der Waals surface area contributed by atoms with E-state index in [1.54, 1.807) is 7.11 Å². The SMILES string of the molecule is COc1ccc(C=C2SC(=S)NC2=O)cc1C#C[Si](C)(C)C. The Balaban J connectivity index is 2.39. The van der Waals surface area contributed by atoms with Gasteiger partial charge < -0.3 is 10.1 Å². The molecule has 22 heavy (non-hydrogen) atoms. The van der Waals surface area contributed by atoms with Crippen molar-refractivity contribution >= 4 is 48.4 Å². The van der Waals surface area contributed by atoms with E-state index in [1.807, 2.05) is 24.3 Å². The summed E-state index contributed by atoms with van der Waals surface area (Å²) in [6.45, 7) is 6.58. The van der Waals surface area contributed by atoms with Crippen molar-refractivity contribution < 1.29 is 9.53 Å². The largest absolute Gasteiger partial charge is 0.495 e. The van der Waals surface area contributed by atoms with Gasteiger partial charge in [0.05, 0.1) is 17.6 Å². The molecular weight excluding hydrogens is 330 g/mol. The van der Waals surface area contributed by atoms with Crippen LogP contribution in [-0.2, 0) is 4.79 Å². The van der Waals surface area contributed by atoms with Crippen LogP contribution in [0.1, 0.15) is 11.1 Å². The number of hydrogen-bond donors (Lipinski definition) is 1. The maximum absolute atomic E-state index is 11.7. The van der Waals surface area contributed by atoms with Crippen molar-refractivity contribution in [3.63, 3.8) is 0 Å². The highest BCUT2D eigenvalue weighted by Gasteiger charge is 2.22. The molecule has 1 N–H and O–H groups in total. The van der Waals surface area contributed by atoms with E-state index in [1.165, 1.54) is 11.8 Å². The van der Waals surface area contributed by atoms with Crippen LogP contribution in [0.5, 0.6) is 5.75 Å². The van der Waals surface area contributed by atoms with Crippen molar-refractivity contribution in [2.24, 2.45) is 0 Å². The molecular formula is C16H17NO2S2Si. The van der Waals surface area contributed by atoms with Crippen molar-refractivity contribution in [1.82, 2.24) is 5.32 Å². The fourth-order valence-electron chi connectivity index (χ4n) is 1.74. The van der Waals surface area contributed by atoms with E-state index < -0.39 is 8.07 Å². The first-order chi connectivity index (χ1) is 10.3. The Morgan fingerprint density at radius 3 is 2.64 bits per heavy atom. The van der Waals surface area contributed by atoms with Crippen LogP contribution in [0.25, 0.3) is 6.08 Å². The molecule has 0 atom stereocenters. The molecule has 0 radical (unpaired) electrons. The summed E-state index contributed by atoms with van der Waals surface area (Å²) in [6, 6.07) is 5.71. The minimum Gasteiger partial charge on any atom is -0.495 e. The van der Waals surface area contributed by atoms with Gasteiger partial charge in [0, 0.05) is 0 Å². The normalized spacial score (nSPS) is 16.3. The summed E-state index contributed by atoms with van der Waals surface area (Å²) in [6.07, 6.45) is 1.82. The van der Waals surface area contributed by atoms with Gasteiger partial charge >= 0.3 is 0 Å². The molecule has 0 aromatic heterocycles. The first kappa shape index (κ1) is 16.8. The minimum absolute atomic E-state index is 0.152. The molecule has 1 saturated heterocycles. The summed E-state index contributed by atoms with van der Waals surface area (Å²) in [5.41, 5.74) is 5.08. The van der Waals surface area contributed by atoms with Crippen LogP contribution in [0.2, 0.25) is 19.6 Å². The summed E-state index contributed by atoms with van der Waals surface area (Å²) in [7, 11) is 0.164. The molecule has 0 saturated carbocycles. The van der Waals surface area contributed by atoms with Gasteiger partial charge in [-0.05, 0) is 23.8 Å². The highest BCUT2D eigenvalue weighted by Crippen LogP contribution is 2.27. The van der Waals surface area contributed by atoms with Crippen LogP contribution in [0.15, 0.2) is 23.1 Å². The first-order valence-corrected chi connectivity index (χ1v) is 11.5. The quantitative estimate of drug-likeness (QED) is 0.385. The van der Waals surface area contributed by atoms with Gasteiger partial charge in [0.25, 0.3) is 5.91 Å². The Hall–Kier alpha value is -1.55. The number of nitrogens with one attached hydrogen (secondary N) is 1. The molecule has 0 spiro atoms. The van der Waals surface area contributed by atoms with Crippen LogP contribution in [0, 0.1) is 11.5 Å². The Morgan fingerprint density at radius 1 is 1.36 bits per heavy atom. The van der Waals surface area contributed by atoms with Gasteiger partial charge in [-0.3, -0.25) is 4.79 Å². The smallest absolute Gasteiger partial charge is 0.263 e. The van der Waals surface area contributed by atoms with Gasteiger partial charge in [0.2, 0.25) is 0 Å². The third kappa shape index (κ3) is 4.47. The molecule has 3 nitrogen and oxygen atoms in total. The third-order valence-electron chi connectivity index (χ3n) is 2.74. The van der Waals surface area contributed by atoms with Crippen molar-refractivity contribution in [2.45, 2.75) is 19.6 Å².